The van der Waals surface area contributed by atoms with Crippen LogP contribution in [0.5, 0.6) is 5.88 Å². The predicted octanol–water partition coefficient (Wildman–Crippen LogP) is 2.72. The molecule has 4 nitrogen and oxygen atoms in total. The van der Waals surface area contributed by atoms with Crippen LogP contribution in [0.4, 0.5) is 5.82 Å². The smallest absolute Gasteiger partial charge is 0.234 e. The summed E-state index contributed by atoms with van der Waals surface area (Å²) in [6.45, 7) is 3.10. The molecule has 0 amide bonds. The molecule has 1 fully saturated rings. The SMILES string of the molecule is CNc1cncc(OCC2CCCC(C)C2)n1. The maximum atomic E-state index is 5.72. The molecule has 0 bridgehead atoms. The second-order valence-corrected chi connectivity index (χ2v) is 4.94. The molecule has 0 aromatic carbocycles. The Kier molecular flexibility index (Phi) is 4.18. The van der Waals surface area contributed by atoms with Gasteiger partial charge in [0, 0.05) is 7.05 Å². The highest BCUT2D eigenvalue weighted by atomic mass is 16.5. The largest absolute Gasteiger partial charge is 0.476 e. The van der Waals surface area contributed by atoms with E-state index in [4.69, 9.17) is 4.74 Å². The minimum absolute atomic E-state index is 0.620. The number of rotatable bonds is 4. The van der Waals surface area contributed by atoms with Crippen LogP contribution in [0.2, 0.25) is 0 Å². The molecule has 0 aliphatic heterocycles. The number of anilines is 1. The Bertz CT molecular complexity index is 356. The van der Waals surface area contributed by atoms with Gasteiger partial charge in [0.15, 0.2) is 0 Å². The Balaban J connectivity index is 1.84. The van der Waals surface area contributed by atoms with Crippen LogP contribution in [-0.2, 0) is 0 Å². The van der Waals surface area contributed by atoms with Crippen LogP contribution in [0.25, 0.3) is 0 Å². The van der Waals surface area contributed by atoms with Crippen LogP contribution in [0.15, 0.2) is 12.4 Å². The normalized spacial score (nSPS) is 24.4. The number of nitrogens with one attached hydrogen (secondary N) is 1. The molecule has 1 aliphatic carbocycles. The minimum Gasteiger partial charge on any atom is -0.476 e. The van der Waals surface area contributed by atoms with E-state index >= 15 is 0 Å². The average molecular weight is 235 g/mol. The number of nitrogens with zero attached hydrogens (tertiary/aromatic N) is 2. The zero-order chi connectivity index (χ0) is 12.1. The van der Waals surface area contributed by atoms with Gasteiger partial charge in [-0.05, 0) is 24.7 Å². The lowest BCUT2D eigenvalue weighted by atomic mass is 9.83. The van der Waals surface area contributed by atoms with Crippen molar-refractivity contribution in [1.29, 1.82) is 0 Å². The molecule has 2 unspecified atom stereocenters. The van der Waals surface area contributed by atoms with Gasteiger partial charge in [-0.25, -0.2) is 0 Å². The average Bonchev–Trinajstić information content (AvgIpc) is 2.37. The second-order valence-electron chi connectivity index (χ2n) is 4.94. The quantitative estimate of drug-likeness (QED) is 0.871. The van der Waals surface area contributed by atoms with Crippen molar-refractivity contribution in [3.8, 4) is 5.88 Å². The molecule has 2 atom stereocenters. The first-order valence-corrected chi connectivity index (χ1v) is 6.40. The lowest BCUT2D eigenvalue weighted by molar-refractivity contribution is 0.177. The van der Waals surface area contributed by atoms with Gasteiger partial charge in [0.25, 0.3) is 0 Å². The summed E-state index contributed by atoms with van der Waals surface area (Å²) in [4.78, 5) is 8.38. The third-order valence-corrected chi connectivity index (χ3v) is 3.38. The maximum Gasteiger partial charge on any atom is 0.234 e. The fraction of sp³-hybridized carbons (Fsp3) is 0.692. The molecule has 17 heavy (non-hydrogen) atoms. The van der Waals surface area contributed by atoms with Crippen LogP contribution in [0, 0.1) is 11.8 Å². The topological polar surface area (TPSA) is 47.0 Å². The summed E-state index contributed by atoms with van der Waals surface area (Å²) in [5.41, 5.74) is 0. The van der Waals surface area contributed by atoms with Gasteiger partial charge in [-0.2, -0.15) is 4.98 Å². The molecular formula is C13H21N3O. The van der Waals surface area contributed by atoms with Crippen LogP contribution in [0.1, 0.15) is 32.6 Å². The van der Waals surface area contributed by atoms with Crippen molar-refractivity contribution >= 4 is 5.82 Å². The Morgan fingerprint density at radius 3 is 3.06 bits per heavy atom. The van der Waals surface area contributed by atoms with Crippen LogP contribution in [-0.4, -0.2) is 23.6 Å². The Labute approximate surface area is 103 Å². The number of ether oxygens (including phenoxy) is 1. The van der Waals surface area contributed by atoms with E-state index in [0.29, 0.717) is 11.8 Å². The molecule has 1 N–H and O–H groups in total. The van der Waals surface area contributed by atoms with Crippen molar-refractivity contribution in [1.82, 2.24) is 9.97 Å². The third-order valence-electron chi connectivity index (χ3n) is 3.38. The summed E-state index contributed by atoms with van der Waals surface area (Å²) < 4.78 is 5.72. The van der Waals surface area contributed by atoms with Crippen molar-refractivity contribution < 1.29 is 4.74 Å². The first kappa shape index (κ1) is 12.1. The Hall–Kier alpha value is -1.32. The van der Waals surface area contributed by atoms with E-state index in [9.17, 15) is 0 Å². The fourth-order valence-electron chi connectivity index (χ4n) is 2.45. The summed E-state index contributed by atoms with van der Waals surface area (Å²) >= 11 is 0. The summed E-state index contributed by atoms with van der Waals surface area (Å²) in [6, 6.07) is 0. The molecule has 1 saturated carbocycles. The van der Waals surface area contributed by atoms with E-state index in [0.717, 1.165) is 18.3 Å². The minimum atomic E-state index is 0.620. The van der Waals surface area contributed by atoms with Gasteiger partial charge in [0.1, 0.15) is 5.82 Å². The highest BCUT2D eigenvalue weighted by Crippen LogP contribution is 2.28. The van der Waals surface area contributed by atoms with Crippen molar-refractivity contribution in [3.05, 3.63) is 12.4 Å². The van der Waals surface area contributed by atoms with E-state index in [2.05, 4.69) is 22.2 Å². The van der Waals surface area contributed by atoms with Gasteiger partial charge in [-0.3, -0.25) is 4.98 Å². The van der Waals surface area contributed by atoms with Gasteiger partial charge >= 0.3 is 0 Å². The molecular weight excluding hydrogens is 214 g/mol. The standard InChI is InChI=1S/C13H21N3O/c1-10-4-3-5-11(6-10)9-17-13-8-15-7-12(14-2)16-13/h7-8,10-11H,3-6,9H2,1-2H3,(H,14,16). The van der Waals surface area contributed by atoms with E-state index in [-0.39, 0.29) is 0 Å². The lowest BCUT2D eigenvalue weighted by Crippen LogP contribution is -2.20. The second kappa shape index (κ2) is 5.84. The highest BCUT2D eigenvalue weighted by molar-refractivity contribution is 5.31. The number of hydrogen-bond acceptors (Lipinski definition) is 4. The van der Waals surface area contributed by atoms with Gasteiger partial charge < -0.3 is 10.1 Å². The molecule has 1 aromatic rings. The molecule has 0 radical (unpaired) electrons. The first-order chi connectivity index (χ1) is 8.28. The van der Waals surface area contributed by atoms with E-state index < -0.39 is 0 Å². The van der Waals surface area contributed by atoms with Gasteiger partial charge in [-0.15, -0.1) is 0 Å². The van der Waals surface area contributed by atoms with Crippen LogP contribution >= 0.6 is 0 Å². The zero-order valence-electron chi connectivity index (χ0n) is 10.6. The molecule has 0 spiro atoms. The summed E-state index contributed by atoms with van der Waals surface area (Å²) in [5, 5.41) is 2.96. The highest BCUT2D eigenvalue weighted by Gasteiger charge is 2.19. The summed E-state index contributed by atoms with van der Waals surface area (Å²) in [7, 11) is 1.83. The van der Waals surface area contributed by atoms with Gasteiger partial charge in [0.05, 0.1) is 19.0 Å². The van der Waals surface area contributed by atoms with Gasteiger partial charge in [0.2, 0.25) is 5.88 Å². The fourth-order valence-corrected chi connectivity index (χ4v) is 2.45. The Morgan fingerprint density at radius 1 is 1.41 bits per heavy atom. The zero-order valence-corrected chi connectivity index (χ0v) is 10.6. The monoisotopic (exact) mass is 235 g/mol. The lowest BCUT2D eigenvalue weighted by Gasteiger charge is -2.26. The molecule has 0 saturated heterocycles. The van der Waals surface area contributed by atoms with Crippen molar-refractivity contribution in [2.24, 2.45) is 11.8 Å². The summed E-state index contributed by atoms with van der Waals surface area (Å²) in [6.07, 6.45) is 8.62. The van der Waals surface area contributed by atoms with Crippen molar-refractivity contribution in [2.75, 3.05) is 19.0 Å². The van der Waals surface area contributed by atoms with E-state index in [1.54, 1.807) is 12.4 Å². The predicted molar refractivity (Wildman–Crippen MR) is 68.2 cm³/mol. The van der Waals surface area contributed by atoms with Crippen molar-refractivity contribution in [3.63, 3.8) is 0 Å². The molecule has 4 heteroatoms. The molecule has 94 valence electrons. The Morgan fingerprint density at radius 2 is 2.29 bits per heavy atom. The van der Waals surface area contributed by atoms with Gasteiger partial charge in [-0.1, -0.05) is 19.8 Å². The van der Waals surface area contributed by atoms with Crippen LogP contribution < -0.4 is 10.1 Å². The third kappa shape index (κ3) is 3.58. The summed E-state index contributed by atoms with van der Waals surface area (Å²) in [5.74, 6) is 2.89. The maximum absolute atomic E-state index is 5.72. The number of hydrogen-bond donors (Lipinski definition) is 1. The number of aromatic nitrogens is 2. The van der Waals surface area contributed by atoms with E-state index in [1.807, 2.05) is 7.05 Å². The molecule has 2 rings (SSSR count). The van der Waals surface area contributed by atoms with Crippen molar-refractivity contribution in [2.45, 2.75) is 32.6 Å². The molecule has 1 heterocycles. The molecule has 1 aromatic heterocycles. The van der Waals surface area contributed by atoms with E-state index in [1.165, 1.54) is 25.7 Å². The molecule has 1 aliphatic rings. The van der Waals surface area contributed by atoms with Crippen LogP contribution in [0.3, 0.4) is 0 Å². The first-order valence-electron chi connectivity index (χ1n) is 6.40.